The van der Waals surface area contributed by atoms with Crippen molar-refractivity contribution in [2.75, 3.05) is 6.61 Å². The van der Waals surface area contributed by atoms with Gasteiger partial charge in [0, 0.05) is 0 Å². The Labute approximate surface area is 152 Å². The number of phenolic OH excluding ortho intramolecular Hbond substituents is 1. The predicted molar refractivity (Wildman–Crippen MR) is 96.5 cm³/mol. The molecule has 1 heterocycles. The van der Waals surface area contributed by atoms with Gasteiger partial charge in [0.25, 0.3) is 0 Å². The highest BCUT2D eigenvalue weighted by Crippen LogP contribution is 2.24. The number of benzene rings is 1. The first-order valence-corrected chi connectivity index (χ1v) is 8.55. The number of carbonyl (C=O) groups is 2. The third kappa shape index (κ3) is 4.80. The lowest BCUT2D eigenvalue weighted by Crippen LogP contribution is -2.32. The molecular formula is C20H24O6. The lowest BCUT2D eigenvalue weighted by atomic mass is 9.95. The van der Waals surface area contributed by atoms with Gasteiger partial charge in [0.05, 0.1) is 12.7 Å². The molecule has 1 aliphatic heterocycles. The third-order valence-electron chi connectivity index (χ3n) is 4.55. The highest BCUT2D eigenvalue weighted by Gasteiger charge is 2.23. The van der Waals surface area contributed by atoms with E-state index in [9.17, 15) is 24.9 Å². The van der Waals surface area contributed by atoms with Crippen molar-refractivity contribution in [2.45, 2.75) is 32.5 Å². The molecule has 0 bridgehead atoms. The average Bonchev–Trinajstić information content (AvgIpc) is 2.62. The van der Waals surface area contributed by atoms with Gasteiger partial charge >= 0.3 is 5.97 Å². The summed E-state index contributed by atoms with van der Waals surface area (Å²) in [6, 6.07) is 4.62. The number of fused-ring (bicyclic) bond motifs is 1. The number of ketones is 1. The van der Waals surface area contributed by atoms with Gasteiger partial charge in [-0.2, -0.15) is 0 Å². The van der Waals surface area contributed by atoms with Crippen LogP contribution in [0.4, 0.5) is 0 Å². The Balaban J connectivity index is 2.38. The Morgan fingerprint density at radius 3 is 2.58 bits per heavy atom. The quantitative estimate of drug-likeness (QED) is 0.612. The summed E-state index contributed by atoms with van der Waals surface area (Å²) in [5, 5.41) is 30.0. The molecule has 1 aromatic carbocycles. The topological polar surface area (TPSA) is 104 Å². The van der Waals surface area contributed by atoms with Crippen molar-refractivity contribution < 1.29 is 29.6 Å². The molecule has 0 amide bonds. The molecule has 0 aliphatic carbocycles. The lowest BCUT2D eigenvalue weighted by Gasteiger charge is -2.17. The molecule has 1 aliphatic rings. The molecule has 0 saturated heterocycles. The molecule has 4 atom stereocenters. The molecule has 26 heavy (non-hydrogen) atoms. The molecule has 140 valence electrons. The molecule has 2 rings (SSSR count). The summed E-state index contributed by atoms with van der Waals surface area (Å²) in [6.07, 6.45) is 3.16. The van der Waals surface area contributed by atoms with Crippen molar-refractivity contribution in [3.63, 3.8) is 0 Å². The maximum atomic E-state index is 12.4. The van der Waals surface area contributed by atoms with Crippen LogP contribution in [-0.4, -0.2) is 45.9 Å². The van der Waals surface area contributed by atoms with Gasteiger partial charge in [0.2, 0.25) is 0 Å². The first kappa shape index (κ1) is 19.9. The van der Waals surface area contributed by atoms with Crippen LogP contribution >= 0.6 is 0 Å². The lowest BCUT2D eigenvalue weighted by molar-refractivity contribution is -0.127. The molecule has 0 radical (unpaired) electrons. The zero-order valence-corrected chi connectivity index (χ0v) is 14.8. The minimum absolute atomic E-state index is 0.0108. The Morgan fingerprint density at radius 1 is 1.12 bits per heavy atom. The molecule has 0 saturated carbocycles. The standard InChI is InChI=1S/C20H24O6/c1-12-9-10-17(23)19(24)16(22)8-4-6-14-5-3-7-15(21)18(14)20(25)26-11-13(12)2/h3-7,9-10,12-13,16,19,21-22,24H,8,11H2,1-2H3/b6-4+,10-9-/t12-,13-,16+,19+/m1/s1. The van der Waals surface area contributed by atoms with E-state index in [1.165, 1.54) is 24.3 Å². The van der Waals surface area contributed by atoms with Crippen LogP contribution in [0.5, 0.6) is 5.75 Å². The predicted octanol–water partition coefficient (Wildman–Crippen LogP) is 2.09. The first-order chi connectivity index (χ1) is 12.3. The highest BCUT2D eigenvalue weighted by atomic mass is 16.5. The number of ether oxygens (including phenoxy) is 1. The molecule has 6 nitrogen and oxygen atoms in total. The van der Waals surface area contributed by atoms with Crippen LogP contribution in [0, 0.1) is 11.8 Å². The largest absolute Gasteiger partial charge is 0.507 e. The first-order valence-electron chi connectivity index (χ1n) is 8.55. The van der Waals surface area contributed by atoms with Crippen molar-refractivity contribution in [3.05, 3.63) is 47.6 Å². The van der Waals surface area contributed by atoms with Crippen molar-refractivity contribution in [1.29, 1.82) is 0 Å². The second-order valence-electron chi connectivity index (χ2n) is 6.59. The third-order valence-corrected chi connectivity index (χ3v) is 4.55. The van der Waals surface area contributed by atoms with Crippen LogP contribution in [0.1, 0.15) is 36.2 Å². The van der Waals surface area contributed by atoms with Crippen LogP contribution in [-0.2, 0) is 9.53 Å². The fourth-order valence-electron chi connectivity index (χ4n) is 2.54. The number of rotatable bonds is 0. The van der Waals surface area contributed by atoms with E-state index in [1.807, 2.05) is 13.8 Å². The molecular weight excluding hydrogens is 336 g/mol. The second kappa shape index (κ2) is 8.78. The number of phenols is 1. The fraction of sp³-hybridized carbons (Fsp3) is 0.400. The Bertz CT molecular complexity index is 721. The monoisotopic (exact) mass is 360 g/mol. The van der Waals surface area contributed by atoms with Crippen LogP contribution < -0.4 is 0 Å². The summed E-state index contributed by atoms with van der Waals surface area (Å²) >= 11 is 0. The zero-order valence-electron chi connectivity index (χ0n) is 14.8. The van der Waals surface area contributed by atoms with Crippen LogP contribution in [0.3, 0.4) is 0 Å². The maximum Gasteiger partial charge on any atom is 0.342 e. The van der Waals surface area contributed by atoms with E-state index >= 15 is 0 Å². The Morgan fingerprint density at radius 2 is 1.85 bits per heavy atom. The minimum Gasteiger partial charge on any atom is -0.507 e. The second-order valence-corrected chi connectivity index (χ2v) is 6.59. The zero-order chi connectivity index (χ0) is 19.3. The van der Waals surface area contributed by atoms with Gasteiger partial charge in [0.15, 0.2) is 5.78 Å². The summed E-state index contributed by atoms with van der Waals surface area (Å²) in [4.78, 5) is 24.4. The van der Waals surface area contributed by atoms with Crippen molar-refractivity contribution in [1.82, 2.24) is 0 Å². The summed E-state index contributed by atoms with van der Waals surface area (Å²) in [5.74, 6) is -1.59. The van der Waals surface area contributed by atoms with Gasteiger partial charge in [-0.1, -0.05) is 44.2 Å². The smallest absolute Gasteiger partial charge is 0.342 e. The van der Waals surface area contributed by atoms with Crippen LogP contribution in [0.2, 0.25) is 0 Å². The summed E-state index contributed by atoms with van der Waals surface area (Å²) in [5.41, 5.74) is 0.469. The summed E-state index contributed by atoms with van der Waals surface area (Å²) in [7, 11) is 0. The number of allylic oxidation sites excluding steroid dienone is 1. The number of carbonyl (C=O) groups excluding carboxylic acids is 2. The van der Waals surface area contributed by atoms with Gasteiger partial charge < -0.3 is 20.1 Å². The van der Waals surface area contributed by atoms with Crippen LogP contribution in [0.15, 0.2) is 36.4 Å². The summed E-state index contributed by atoms with van der Waals surface area (Å²) < 4.78 is 5.33. The van der Waals surface area contributed by atoms with Gasteiger partial charge in [-0.05, 0) is 36.0 Å². The van der Waals surface area contributed by atoms with Crippen LogP contribution in [0.25, 0.3) is 6.08 Å². The Hall–Kier alpha value is -2.44. The van der Waals surface area contributed by atoms with E-state index in [1.54, 1.807) is 18.2 Å². The normalized spacial score (nSPS) is 30.5. The van der Waals surface area contributed by atoms with Gasteiger partial charge in [-0.3, -0.25) is 4.79 Å². The van der Waals surface area contributed by atoms with Gasteiger partial charge in [0.1, 0.15) is 17.4 Å². The van der Waals surface area contributed by atoms with Gasteiger partial charge in [-0.25, -0.2) is 4.79 Å². The molecule has 1 aromatic rings. The molecule has 0 unspecified atom stereocenters. The number of hydrogen-bond donors (Lipinski definition) is 3. The van der Waals surface area contributed by atoms with E-state index in [0.717, 1.165) is 0 Å². The molecule has 3 N–H and O–H groups in total. The highest BCUT2D eigenvalue weighted by molar-refractivity contribution is 5.96. The average molecular weight is 360 g/mol. The number of cyclic esters (lactones) is 1. The summed E-state index contributed by atoms with van der Waals surface area (Å²) in [6.45, 7) is 3.83. The number of aliphatic hydroxyl groups is 2. The van der Waals surface area contributed by atoms with E-state index in [4.69, 9.17) is 4.74 Å². The van der Waals surface area contributed by atoms with E-state index in [2.05, 4.69) is 0 Å². The van der Waals surface area contributed by atoms with E-state index in [-0.39, 0.29) is 36.2 Å². The minimum atomic E-state index is -1.52. The van der Waals surface area contributed by atoms with E-state index < -0.39 is 24.0 Å². The molecule has 0 fully saturated rings. The van der Waals surface area contributed by atoms with Crippen molar-refractivity contribution >= 4 is 17.8 Å². The SMILES string of the molecule is C[C@@H]1/C=C\C(=O)[C@@H](O)[C@@H](O)C/C=C/c2cccc(O)c2C(=O)OC[C@H]1C. The fourth-order valence-corrected chi connectivity index (χ4v) is 2.54. The van der Waals surface area contributed by atoms with E-state index in [0.29, 0.717) is 5.56 Å². The number of esters is 1. The van der Waals surface area contributed by atoms with Crippen molar-refractivity contribution in [3.8, 4) is 5.75 Å². The molecule has 0 aromatic heterocycles. The molecule has 0 spiro atoms. The molecule has 6 heteroatoms. The number of aromatic hydroxyl groups is 1. The number of hydrogen-bond acceptors (Lipinski definition) is 6. The maximum absolute atomic E-state index is 12.4. The Kier molecular flexibility index (Phi) is 6.71. The number of aliphatic hydroxyl groups excluding tert-OH is 2. The van der Waals surface area contributed by atoms with Gasteiger partial charge in [-0.15, -0.1) is 0 Å². The van der Waals surface area contributed by atoms with Crippen molar-refractivity contribution in [2.24, 2.45) is 11.8 Å².